The molecule has 0 atom stereocenters. The molecule has 30 heavy (non-hydrogen) atoms. The van der Waals surface area contributed by atoms with E-state index in [0.29, 0.717) is 16.3 Å². The number of ether oxygens (including phenoxy) is 1. The number of methoxy groups -OCH3 is 1. The van der Waals surface area contributed by atoms with Crippen LogP contribution in [0.5, 0.6) is 5.75 Å². The second-order valence-corrected chi connectivity index (χ2v) is 9.80. The molecule has 0 N–H and O–H groups in total. The van der Waals surface area contributed by atoms with Crippen LogP contribution in [0.3, 0.4) is 0 Å². The zero-order valence-electron chi connectivity index (χ0n) is 16.2. The normalized spacial score (nSPS) is 11.5. The Morgan fingerprint density at radius 3 is 2.37 bits per heavy atom. The van der Waals surface area contributed by atoms with Crippen molar-refractivity contribution >= 4 is 37.7 Å². The predicted octanol–water partition coefficient (Wildman–Crippen LogP) is 4.70. The van der Waals surface area contributed by atoms with E-state index in [2.05, 4.69) is 4.98 Å². The number of ketones is 1. The van der Waals surface area contributed by atoms with Gasteiger partial charge in [-0.1, -0.05) is 36.4 Å². The topological polar surface area (TPSA) is 73.3 Å². The standard InChI is InChI=1S/C23H19NO4S2/c1-28-22-14-18-5-3-2-4-17(18)13-20(22)21(25)12-16-6-8-19(9-7-16)30(26,27)15-23-24-10-11-29-23/h2-11,13-14H,12,15H2,1H3. The number of rotatable bonds is 7. The maximum atomic E-state index is 12.9. The van der Waals surface area contributed by atoms with Crippen molar-refractivity contribution in [1.29, 1.82) is 0 Å². The number of carbonyl (C=O) groups excluding carboxylic acids is 1. The Labute approximate surface area is 178 Å². The van der Waals surface area contributed by atoms with Crippen molar-refractivity contribution in [2.75, 3.05) is 7.11 Å². The highest BCUT2D eigenvalue weighted by atomic mass is 32.2. The number of fused-ring (bicyclic) bond motifs is 1. The summed E-state index contributed by atoms with van der Waals surface area (Å²) in [4.78, 5) is 17.2. The minimum absolute atomic E-state index is 0.0870. The first-order valence-electron chi connectivity index (χ1n) is 9.26. The maximum Gasteiger partial charge on any atom is 0.184 e. The Bertz CT molecular complexity index is 1300. The van der Waals surface area contributed by atoms with Crippen molar-refractivity contribution in [3.8, 4) is 5.75 Å². The average molecular weight is 438 g/mol. The SMILES string of the molecule is COc1cc2ccccc2cc1C(=O)Cc1ccc(S(=O)(=O)Cc2nccs2)cc1. The number of nitrogens with zero attached hydrogens (tertiary/aromatic N) is 1. The lowest BCUT2D eigenvalue weighted by molar-refractivity contribution is 0.0990. The second-order valence-electron chi connectivity index (χ2n) is 6.83. The molecule has 4 rings (SSSR count). The molecule has 152 valence electrons. The fourth-order valence-corrected chi connectivity index (χ4v) is 5.53. The number of hydrogen-bond acceptors (Lipinski definition) is 6. The summed E-state index contributed by atoms with van der Waals surface area (Å²) < 4.78 is 30.5. The summed E-state index contributed by atoms with van der Waals surface area (Å²) in [6.07, 6.45) is 1.74. The van der Waals surface area contributed by atoms with Gasteiger partial charge in [0, 0.05) is 18.0 Å². The average Bonchev–Trinajstić information content (AvgIpc) is 3.25. The van der Waals surface area contributed by atoms with E-state index in [0.717, 1.165) is 16.3 Å². The molecule has 1 aromatic heterocycles. The van der Waals surface area contributed by atoms with Crippen LogP contribution in [-0.4, -0.2) is 26.3 Å². The van der Waals surface area contributed by atoms with Gasteiger partial charge < -0.3 is 4.74 Å². The van der Waals surface area contributed by atoms with Gasteiger partial charge in [0.2, 0.25) is 0 Å². The minimum atomic E-state index is -3.47. The molecule has 3 aromatic carbocycles. The zero-order valence-corrected chi connectivity index (χ0v) is 17.9. The van der Waals surface area contributed by atoms with Gasteiger partial charge in [-0.25, -0.2) is 13.4 Å². The van der Waals surface area contributed by atoms with E-state index in [-0.39, 0.29) is 22.9 Å². The second kappa shape index (κ2) is 8.38. The Morgan fingerprint density at radius 1 is 1.03 bits per heavy atom. The Balaban J connectivity index is 1.55. The van der Waals surface area contributed by atoms with Gasteiger partial charge in [0.15, 0.2) is 15.6 Å². The number of hydrogen-bond donors (Lipinski definition) is 0. The van der Waals surface area contributed by atoms with Crippen LogP contribution in [0.4, 0.5) is 0 Å². The highest BCUT2D eigenvalue weighted by molar-refractivity contribution is 7.90. The quantitative estimate of drug-likeness (QED) is 0.392. The molecule has 1 heterocycles. The van der Waals surface area contributed by atoms with Gasteiger partial charge in [0.25, 0.3) is 0 Å². The zero-order chi connectivity index (χ0) is 21.1. The summed E-state index contributed by atoms with van der Waals surface area (Å²) in [7, 11) is -1.93. The molecular weight excluding hydrogens is 418 g/mol. The first kappa shape index (κ1) is 20.3. The first-order chi connectivity index (χ1) is 14.5. The number of thiazole rings is 1. The van der Waals surface area contributed by atoms with E-state index in [1.165, 1.54) is 11.3 Å². The van der Waals surface area contributed by atoms with E-state index in [4.69, 9.17) is 4.74 Å². The van der Waals surface area contributed by atoms with Gasteiger partial charge in [0.05, 0.1) is 17.6 Å². The van der Waals surface area contributed by atoms with Crippen molar-refractivity contribution in [3.05, 3.63) is 88.4 Å². The summed E-state index contributed by atoms with van der Waals surface area (Å²) >= 11 is 1.31. The molecule has 0 unspecified atom stereocenters. The lowest BCUT2D eigenvalue weighted by Crippen LogP contribution is -2.07. The van der Waals surface area contributed by atoms with Gasteiger partial charge in [-0.3, -0.25) is 4.79 Å². The van der Waals surface area contributed by atoms with Crippen LogP contribution in [0.25, 0.3) is 10.8 Å². The van der Waals surface area contributed by atoms with Crippen LogP contribution in [0.2, 0.25) is 0 Å². The number of benzene rings is 3. The van der Waals surface area contributed by atoms with E-state index < -0.39 is 9.84 Å². The third-order valence-corrected chi connectivity index (χ3v) is 7.42. The number of Topliss-reactive ketones (excluding diaryl/α,β-unsaturated/α-hetero) is 1. The van der Waals surface area contributed by atoms with Gasteiger partial charge in [-0.05, 0) is 40.6 Å². The van der Waals surface area contributed by atoms with Crippen molar-refractivity contribution in [1.82, 2.24) is 4.98 Å². The summed E-state index contributed by atoms with van der Waals surface area (Å²) in [6.45, 7) is 0. The molecular formula is C23H19NO4S2. The lowest BCUT2D eigenvalue weighted by Gasteiger charge is -2.10. The minimum Gasteiger partial charge on any atom is -0.496 e. The van der Waals surface area contributed by atoms with Crippen molar-refractivity contribution in [2.45, 2.75) is 17.1 Å². The maximum absolute atomic E-state index is 12.9. The van der Waals surface area contributed by atoms with Crippen LogP contribution in [0, 0.1) is 0 Å². The molecule has 5 nitrogen and oxygen atoms in total. The van der Waals surface area contributed by atoms with Crippen molar-refractivity contribution in [2.24, 2.45) is 0 Å². The Kier molecular flexibility index (Phi) is 5.65. The summed E-state index contributed by atoms with van der Waals surface area (Å²) in [5.74, 6) is 0.314. The molecule has 0 bridgehead atoms. The lowest BCUT2D eigenvalue weighted by atomic mass is 9.99. The molecule has 0 saturated heterocycles. The summed E-state index contributed by atoms with van der Waals surface area (Å²) in [5.41, 5.74) is 1.25. The molecule has 0 fully saturated rings. The first-order valence-corrected chi connectivity index (χ1v) is 11.8. The molecule has 0 saturated carbocycles. The molecule has 0 aliphatic carbocycles. The van der Waals surface area contributed by atoms with Crippen LogP contribution >= 0.6 is 11.3 Å². The fourth-order valence-electron chi connectivity index (χ4n) is 3.27. The van der Waals surface area contributed by atoms with Gasteiger partial charge >= 0.3 is 0 Å². The van der Waals surface area contributed by atoms with Crippen molar-refractivity contribution in [3.63, 3.8) is 0 Å². The number of sulfone groups is 1. The summed E-state index contributed by atoms with van der Waals surface area (Å²) in [5, 5.41) is 4.27. The van der Waals surface area contributed by atoms with Crippen LogP contribution < -0.4 is 4.74 Å². The Morgan fingerprint density at radius 2 is 1.73 bits per heavy atom. The fraction of sp³-hybridized carbons (Fsp3) is 0.130. The molecule has 4 aromatic rings. The van der Waals surface area contributed by atoms with Crippen LogP contribution in [-0.2, 0) is 22.0 Å². The largest absolute Gasteiger partial charge is 0.496 e. The molecule has 0 amide bonds. The van der Waals surface area contributed by atoms with E-state index >= 15 is 0 Å². The van der Waals surface area contributed by atoms with Crippen LogP contribution in [0.15, 0.2) is 77.1 Å². The van der Waals surface area contributed by atoms with E-state index in [1.807, 2.05) is 36.4 Å². The molecule has 7 heteroatoms. The van der Waals surface area contributed by atoms with E-state index in [1.54, 1.807) is 43.0 Å². The number of carbonyl (C=O) groups is 1. The molecule has 0 spiro atoms. The highest BCUT2D eigenvalue weighted by Crippen LogP contribution is 2.27. The van der Waals surface area contributed by atoms with Gasteiger partial charge in [0.1, 0.15) is 16.5 Å². The van der Waals surface area contributed by atoms with Crippen LogP contribution in [0.1, 0.15) is 20.9 Å². The molecule has 0 aliphatic rings. The smallest absolute Gasteiger partial charge is 0.184 e. The molecule has 0 radical (unpaired) electrons. The van der Waals surface area contributed by atoms with Crippen molar-refractivity contribution < 1.29 is 17.9 Å². The van der Waals surface area contributed by atoms with E-state index in [9.17, 15) is 13.2 Å². The van der Waals surface area contributed by atoms with Gasteiger partial charge in [-0.15, -0.1) is 11.3 Å². The third-order valence-electron chi connectivity index (χ3n) is 4.81. The Hall–Kier alpha value is -3.03. The molecule has 0 aliphatic heterocycles. The summed E-state index contributed by atoms with van der Waals surface area (Å²) in [6, 6.07) is 17.9. The highest BCUT2D eigenvalue weighted by Gasteiger charge is 2.18. The van der Waals surface area contributed by atoms with Gasteiger partial charge in [-0.2, -0.15) is 0 Å². The monoisotopic (exact) mass is 437 g/mol. The predicted molar refractivity (Wildman–Crippen MR) is 118 cm³/mol. The number of aromatic nitrogens is 1. The third kappa shape index (κ3) is 4.27.